The molecule has 0 saturated heterocycles. The first-order valence-corrected chi connectivity index (χ1v) is 10.6. The minimum atomic E-state index is 0.172. The lowest BCUT2D eigenvalue weighted by atomic mass is 9.73. The van der Waals surface area contributed by atoms with Gasteiger partial charge < -0.3 is 0 Å². The van der Waals surface area contributed by atoms with Crippen LogP contribution in [-0.2, 0) is 5.41 Å². The summed E-state index contributed by atoms with van der Waals surface area (Å²) in [4.78, 5) is 0. The molecule has 0 heteroatoms. The van der Waals surface area contributed by atoms with E-state index in [0.717, 1.165) is 6.42 Å². The van der Waals surface area contributed by atoms with E-state index in [1.165, 1.54) is 33.4 Å². The maximum Gasteiger partial charge on any atom is -0.00913 e. The van der Waals surface area contributed by atoms with Crippen molar-refractivity contribution >= 4 is 6.08 Å². The van der Waals surface area contributed by atoms with Crippen LogP contribution in [0.3, 0.4) is 0 Å². The summed E-state index contributed by atoms with van der Waals surface area (Å²) in [7, 11) is 0. The van der Waals surface area contributed by atoms with E-state index in [0.29, 0.717) is 0 Å². The Morgan fingerprint density at radius 1 is 0.714 bits per heavy atom. The van der Waals surface area contributed by atoms with Crippen LogP contribution in [0, 0.1) is 17.8 Å². The van der Waals surface area contributed by atoms with Gasteiger partial charge >= 0.3 is 0 Å². The lowest BCUT2D eigenvalue weighted by molar-refractivity contribution is 0.447. The predicted molar refractivity (Wildman–Crippen MR) is 127 cm³/mol. The molecule has 0 aromatic heterocycles. The highest BCUT2D eigenvalue weighted by Gasteiger charge is 2.26. The van der Waals surface area contributed by atoms with Crippen LogP contribution in [0.1, 0.15) is 85.4 Å². The lowest BCUT2D eigenvalue weighted by Crippen LogP contribution is -2.18. The molecule has 0 bridgehead atoms. The molecule has 0 nitrogen and oxygen atoms in total. The van der Waals surface area contributed by atoms with E-state index in [1.54, 1.807) is 0 Å². The van der Waals surface area contributed by atoms with Gasteiger partial charge in [-0.05, 0) is 46.3 Å². The molecule has 152 valence electrons. The standard InChI is InChI=1S/C28H40/c1-20-14-21(16-23(15-20)26(2,3)4)12-11-13-22-17-24(27(5,6)7)19-25(18-22)28(8,9)10/h11-18H,19H2,1-10H3. The van der Waals surface area contributed by atoms with Crippen molar-refractivity contribution in [2.24, 2.45) is 10.8 Å². The van der Waals surface area contributed by atoms with Crippen LogP contribution in [0.25, 0.3) is 6.08 Å². The summed E-state index contributed by atoms with van der Waals surface area (Å²) >= 11 is 0. The zero-order valence-corrected chi connectivity index (χ0v) is 19.8. The van der Waals surface area contributed by atoms with Gasteiger partial charge in [-0.3, -0.25) is 0 Å². The molecule has 1 aliphatic rings. The summed E-state index contributed by atoms with van der Waals surface area (Å²) in [6.07, 6.45) is 12.6. The molecule has 0 heterocycles. The first-order chi connectivity index (χ1) is 12.7. The second-order valence-corrected chi connectivity index (χ2v) is 11.4. The van der Waals surface area contributed by atoms with E-state index in [9.17, 15) is 0 Å². The third kappa shape index (κ3) is 6.09. The van der Waals surface area contributed by atoms with Crippen molar-refractivity contribution < 1.29 is 0 Å². The van der Waals surface area contributed by atoms with Crippen LogP contribution in [0.4, 0.5) is 0 Å². The highest BCUT2D eigenvalue weighted by Crippen LogP contribution is 2.41. The molecule has 1 aliphatic carbocycles. The monoisotopic (exact) mass is 376 g/mol. The van der Waals surface area contributed by atoms with Crippen LogP contribution in [0.2, 0.25) is 0 Å². The zero-order chi connectivity index (χ0) is 21.3. The highest BCUT2D eigenvalue weighted by atomic mass is 14.3. The number of rotatable bonds is 2. The summed E-state index contributed by atoms with van der Waals surface area (Å²) in [5.74, 6) is 0. The largest absolute Gasteiger partial charge is 0.0611 e. The first kappa shape index (κ1) is 22.5. The van der Waals surface area contributed by atoms with Crippen molar-refractivity contribution in [3.8, 4) is 0 Å². The highest BCUT2D eigenvalue weighted by molar-refractivity contribution is 5.56. The van der Waals surface area contributed by atoms with Crippen molar-refractivity contribution in [2.45, 2.75) is 81.1 Å². The number of allylic oxidation sites excluding steroid dienone is 7. The van der Waals surface area contributed by atoms with Gasteiger partial charge in [-0.2, -0.15) is 0 Å². The van der Waals surface area contributed by atoms with Crippen molar-refractivity contribution in [3.63, 3.8) is 0 Å². The van der Waals surface area contributed by atoms with Gasteiger partial charge in [-0.25, -0.2) is 0 Å². The third-order valence-corrected chi connectivity index (χ3v) is 5.53. The van der Waals surface area contributed by atoms with Gasteiger partial charge in [-0.1, -0.05) is 128 Å². The van der Waals surface area contributed by atoms with Gasteiger partial charge in [0.1, 0.15) is 0 Å². The number of benzene rings is 1. The topological polar surface area (TPSA) is 0 Å². The van der Waals surface area contributed by atoms with E-state index < -0.39 is 0 Å². The predicted octanol–water partition coefficient (Wildman–Crippen LogP) is 8.58. The van der Waals surface area contributed by atoms with Gasteiger partial charge in [0, 0.05) is 0 Å². The second-order valence-electron chi connectivity index (χ2n) is 11.4. The Morgan fingerprint density at radius 2 is 1.25 bits per heavy atom. The summed E-state index contributed by atoms with van der Waals surface area (Å²) in [6.45, 7) is 22.9. The number of aryl methyl sites for hydroxylation is 1. The van der Waals surface area contributed by atoms with Crippen LogP contribution in [0.5, 0.6) is 0 Å². The van der Waals surface area contributed by atoms with Gasteiger partial charge in [0.25, 0.3) is 0 Å². The molecule has 0 saturated carbocycles. The molecule has 0 fully saturated rings. The lowest BCUT2D eigenvalue weighted by Gasteiger charge is -2.32. The van der Waals surface area contributed by atoms with E-state index in [2.05, 4.69) is 118 Å². The Hall–Kier alpha value is -1.82. The molecular weight excluding hydrogens is 336 g/mol. The van der Waals surface area contributed by atoms with Gasteiger partial charge in [0.05, 0.1) is 0 Å². The molecule has 0 radical (unpaired) electrons. The average molecular weight is 377 g/mol. The number of hydrogen-bond acceptors (Lipinski definition) is 0. The Kier molecular flexibility index (Phi) is 6.34. The van der Waals surface area contributed by atoms with Crippen LogP contribution < -0.4 is 0 Å². The fraction of sp³-hybridized carbons (Fsp3) is 0.500. The molecule has 28 heavy (non-hydrogen) atoms. The fourth-order valence-electron chi connectivity index (χ4n) is 3.42. The van der Waals surface area contributed by atoms with Gasteiger partial charge in [0.15, 0.2) is 0 Å². The molecule has 0 aliphatic heterocycles. The molecule has 0 atom stereocenters. The number of hydrogen-bond donors (Lipinski definition) is 0. The van der Waals surface area contributed by atoms with E-state index >= 15 is 0 Å². The van der Waals surface area contributed by atoms with Crippen LogP contribution >= 0.6 is 0 Å². The van der Waals surface area contributed by atoms with Crippen LogP contribution in [-0.4, -0.2) is 0 Å². The molecule has 0 N–H and O–H groups in total. The third-order valence-electron chi connectivity index (χ3n) is 5.53. The van der Waals surface area contributed by atoms with Gasteiger partial charge in [-0.15, -0.1) is 0 Å². The molecule has 0 spiro atoms. The quantitative estimate of drug-likeness (QED) is 0.485. The summed E-state index contributed by atoms with van der Waals surface area (Å²) < 4.78 is 0. The SMILES string of the molecule is Cc1cc(C=CC=C2C=C(C(C)(C)C)CC(C(C)(C)C)=C2)cc(C(C)(C)C)c1. The molecule has 0 unspecified atom stereocenters. The van der Waals surface area contributed by atoms with Crippen molar-refractivity contribution in [1.29, 1.82) is 0 Å². The Bertz CT molecular complexity index is 799. The maximum absolute atomic E-state index is 2.39. The minimum absolute atomic E-state index is 0.172. The van der Waals surface area contributed by atoms with Gasteiger partial charge in [0.2, 0.25) is 0 Å². The van der Waals surface area contributed by atoms with Crippen molar-refractivity contribution in [3.05, 3.63) is 75.9 Å². The summed E-state index contributed by atoms with van der Waals surface area (Å²) in [6, 6.07) is 6.88. The van der Waals surface area contributed by atoms with Crippen LogP contribution in [0.15, 0.2) is 59.2 Å². The molecular formula is C28H40. The maximum atomic E-state index is 2.39. The zero-order valence-electron chi connectivity index (χ0n) is 19.8. The molecule has 2 rings (SSSR count). The fourth-order valence-corrected chi connectivity index (χ4v) is 3.42. The summed E-state index contributed by atoms with van der Waals surface area (Å²) in [5.41, 5.74) is 8.90. The molecule has 0 amide bonds. The Balaban J connectivity index is 2.38. The average Bonchev–Trinajstić information content (AvgIpc) is 2.51. The van der Waals surface area contributed by atoms with Crippen molar-refractivity contribution in [2.75, 3.05) is 0 Å². The Morgan fingerprint density at radius 3 is 1.71 bits per heavy atom. The summed E-state index contributed by atoms with van der Waals surface area (Å²) in [5, 5.41) is 0. The van der Waals surface area contributed by atoms with E-state index in [-0.39, 0.29) is 16.2 Å². The van der Waals surface area contributed by atoms with E-state index in [1.807, 2.05) is 0 Å². The molecule has 1 aromatic rings. The first-order valence-electron chi connectivity index (χ1n) is 10.6. The smallest absolute Gasteiger partial charge is 0.00913 e. The Labute approximate surface area is 174 Å². The van der Waals surface area contributed by atoms with Crippen molar-refractivity contribution in [1.82, 2.24) is 0 Å². The minimum Gasteiger partial charge on any atom is -0.0611 e. The molecule has 1 aromatic carbocycles. The van der Waals surface area contributed by atoms with E-state index in [4.69, 9.17) is 0 Å². The normalized spacial score (nSPS) is 16.3. The second kappa shape index (κ2) is 7.90.